The highest BCUT2D eigenvalue weighted by Gasteiger charge is 2.30. The molecule has 19 heavy (non-hydrogen) atoms. The van der Waals surface area contributed by atoms with Gasteiger partial charge < -0.3 is 0 Å². The summed E-state index contributed by atoms with van der Waals surface area (Å²) in [5.41, 5.74) is -2.88. The van der Waals surface area contributed by atoms with Crippen molar-refractivity contribution in [2.45, 2.75) is 49.9 Å². The monoisotopic (exact) mass is 286 g/mol. The van der Waals surface area contributed by atoms with E-state index in [4.69, 9.17) is 0 Å². The summed E-state index contributed by atoms with van der Waals surface area (Å²) in [6.45, 7) is 4.00. The second-order valence-corrected chi connectivity index (χ2v) is 5.29. The molecule has 0 unspecified atom stereocenters. The van der Waals surface area contributed by atoms with Crippen molar-refractivity contribution in [3.8, 4) is 11.8 Å². The molecule has 1 aromatic rings. The zero-order valence-electron chi connectivity index (χ0n) is 11.1. The summed E-state index contributed by atoms with van der Waals surface area (Å²) in [6.07, 6.45) is 3.31. The smallest absolute Gasteiger partial charge is 0.160 e. The van der Waals surface area contributed by atoms with Gasteiger partial charge in [0.05, 0.1) is 0 Å². The van der Waals surface area contributed by atoms with E-state index in [1.54, 1.807) is 12.1 Å². The van der Waals surface area contributed by atoms with E-state index in [2.05, 4.69) is 11.8 Å². The van der Waals surface area contributed by atoms with Crippen LogP contribution in [0.5, 0.6) is 0 Å². The maximum absolute atomic E-state index is 12.5. The third-order valence-corrected chi connectivity index (χ3v) is 3.20. The van der Waals surface area contributed by atoms with E-state index in [0.717, 1.165) is 24.8 Å². The van der Waals surface area contributed by atoms with Gasteiger partial charge in [0.1, 0.15) is 0 Å². The summed E-state index contributed by atoms with van der Waals surface area (Å²) in [4.78, 5) is 0.210. The maximum Gasteiger partial charge on any atom is 0.446 e. The van der Waals surface area contributed by atoms with E-state index in [0.29, 0.717) is 12.0 Å². The van der Waals surface area contributed by atoms with Gasteiger partial charge in [-0.05, 0) is 42.3 Å². The molecule has 0 aliphatic heterocycles. The first-order valence-corrected chi connectivity index (χ1v) is 7.15. The number of alkyl halides is 3. The molecule has 0 saturated heterocycles. The number of rotatable bonds is 4. The highest BCUT2D eigenvalue weighted by atomic mass is 32.2. The second kappa shape index (κ2) is 7.49. The summed E-state index contributed by atoms with van der Waals surface area (Å²) in [6, 6.07) is 5.17. The van der Waals surface area contributed by atoms with Gasteiger partial charge in [-0.2, -0.15) is 13.2 Å². The van der Waals surface area contributed by atoms with E-state index in [9.17, 15) is 13.2 Å². The van der Waals surface area contributed by atoms with Gasteiger partial charge in [-0.25, -0.2) is 0 Å². The first-order valence-electron chi connectivity index (χ1n) is 6.33. The lowest BCUT2D eigenvalue weighted by Gasteiger charge is -2.09. The van der Waals surface area contributed by atoms with Crippen molar-refractivity contribution in [1.82, 2.24) is 0 Å². The van der Waals surface area contributed by atoms with Crippen molar-refractivity contribution < 1.29 is 13.2 Å². The standard InChI is InChI=1S/C15H17F3S/c1-3-5-6-8-13-10-9-12(7-4-2)11-14(13)19-15(16,17)18/h9-11H,3-5,7H2,1-2H3. The third-order valence-electron chi connectivity index (χ3n) is 2.41. The van der Waals surface area contributed by atoms with Crippen molar-refractivity contribution in [3.05, 3.63) is 29.3 Å². The lowest BCUT2D eigenvalue weighted by Crippen LogP contribution is -2.01. The van der Waals surface area contributed by atoms with Crippen LogP contribution in [0, 0.1) is 11.8 Å². The van der Waals surface area contributed by atoms with Crippen molar-refractivity contribution >= 4 is 11.8 Å². The topological polar surface area (TPSA) is 0 Å². The average molecular weight is 286 g/mol. The predicted octanol–water partition coefficient (Wildman–Crippen LogP) is 5.40. The van der Waals surface area contributed by atoms with E-state index >= 15 is 0 Å². The molecule has 0 saturated carbocycles. The van der Waals surface area contributed by atoms with Crippen molar-refractivity contribution in [2.75, 3.05) is 0 Å². The van der Waals surface area contributed by atoms with Gasteiger partial charge in [0.2, 0.25) is 0 Å². The molecule has 0 N–H and O–H groups in total. The molecule has 0 aliphatic carbocycles. The second-order valence-electron chi connectivity index (χ2n) is 4.18. The first kappa shape index (κ1) is 16.0. The van der Waals surface area contributed by atoms with Crippen LogP contribution in [0.3, 0.4) is 0 Å². The zero-order valence-corrected chi connectivity index (χ0v) is 11.9. The molecule has 0 radical (unpaired) electrons. The number of benzene rings is 1. The molecule has 4 heteroatoms. The maximum atomic E-state index is 12.5. The molecule has 0 nitrogen and oxygen atoms in total. The molecule has 0 aromatic heterocycles. The van der Waals surface area contributed by atoms with E-state index in [1.807, 2.05) is 19.9 Å². The number of hydrogen-bond donors (Lipinski definition) is 0. The zero-order chi connectivity index (χ0) is 14.3. The Bertz CT molecular complexity index is 467. The van der Waals surface area contributed by atoms with Crippen LogP contribution >= 0.6 is 11.8 Å². The van der Waals surface area contributed by atoms with Crippen LogP contribution < -0.4 is 0 Å². The van der Waals surface area contributed by atoms with E-state index in [1.165, 1.54) is 0 Å². The van der Waals surface area contributed by atoms with Crippen LogP contribution in [-0.2, 0) is 6.42 Å². The molecule has 0 spiro atoms. The molecular formula is C15H17F3S. The van der Waals surface area contributed by atoms with Gasteiger partial charge >= 0.3 is 5.51 Å². The Labute approximate surface area is 116 Å². The number of unbranched alkanes of at least 4 members (excludes halogenated alkanes) is 1. The Kier molecular flexibility index (Phi) is 6.30. The van der Waals surface area contributed by atoms with Gasteiger partial charge in [-0.3, -0.25) is 0 Å². The minimum Gasteiger partial charge on any atom is -0.160 e. The molecule has 0 atom stereocenters. The summed E-state index contributed by atoms with van der Waals surface area (Å²) >= 11 is -0.0771. The Morgan fingerprint density at radius 3 is 2.47 bits per heavy atom. The quantitative estimate of drug-likeness (QED) is 0.527. The largest absolute Gasteiger partial charge is 0.446 e. The van der Waals surface area contributed by atoms with Crippen molar-refractivity contribution in [1.29, 1.82) is 0 Å². The molecule has 0 fully saturated rings. The molecule has 1 aromatic carbocycles. The van der Waals surface area contributed by atoms with Crippen molar-refractivity contribution in [3.63, 3.8) is 0 Å². The highest BCUT2D eigenvalue weighted by molar-refractivity contribution is 8.00. The summed E-state index contributed by atoms with van der Waals surface area (Å²) in [7, 11) is 0. The van der Waals surface area contributed by atoms with Gasteiger partial charge in [-0.15, -0.1) is 0 Å². The number of hydrogen-bond acceptors (Lipinski definition) is 1. The molecule has 0 heterocycles. The SMILES string of the molecule is CCCC#Cc1ccc(CCC)cc1SC(F)(F)F. The molecule has 0 amide bonds. The van der Waals surface area contributed by atoms with Crippen LogP contribution in [0.2, 0.25) is 0 Å². The van der Waals surface area contributed by atoms with Gasteiger partial charge in [0.25, 0.3) is 0 Å². The first-order chi connectivity index (χ1) is 8.96. The molecular weight excluding hydrogens is 269 g/mol. The van der Waals surface area contributed by atoms with Crippen LogP contribution in [0.4, 0.5) is 13.2 Å². The van der Waals surface area contributed by atoms with Gasteiger partial charge in [0.15, 0.2) is 0 Å². The predicted molar refractivity (Wildman–Crippen MR) is 74.1 cm³/mol. The number of thioether (sulfide) groups is 1. The van der Waals surface area contributed by atoms with Crippen LogP contribution in [0.1, 0.15) is 44.2 Å². The van der Waals surface area contributed by atoms with E-state index in [-0.39, 0.29) is 16.7 Å². The summed E-state index contributed by atoms with van der Waals surface area (Å²) in [5, 5.41) is 0. The number of aryl methyl sites for hydroxylation is 1. The van der Waals surface area contributed by atoms with Crippen molar-refractivity contribution in [2.24, 2.45) is 0 Å². The minimum atomic E-state index is -4.27. The third kappa shape index (κ3) is 6.07. The number of halogens is 3. The van der Waals surface area contributed by atoms with Crippen LogP contribution in [-0.4, -0.2) is 5.51 Å². The van der Waals surface area contributed by atoms with Gasteiger partial charge in [0, 0.05) is 16.9 Å². The fourth-order valence-corrected chi connectivity index (χ4v) is 2.29. The molecule has 0 bridgehead atoms. The average Bonchev–Trinajstić information content (AvgIpc) is 2.30. The highest BCUT2D eigenvalue weighted by Crippen LogP contribution is 2.38. The Balaban J connectivity index is 3.05. The molecule has 0 aliphatic rings. The normalized spacial score (nSPS) is 11.0. The fraction of sp³-hybridized carbons (Fsp3) is 0.467. The Morgan fingerprint density at radius 2 is 1.89 bits per heavy atom. The Morgan fingerprint density at radius 1 is 1.16 bits per heavy atom. The fourth-order valence-electron chi connectivity index (χ4n) is 1.61. The lowest BCUT2D eigenvalue weighted by molar-refractivity contribution is -0.0328. The summed E-state index contributed by atoms with van der Waals surface area (Å²) < 4.78 is 37.6. The lowest BCUT2D eigenvalue weighted by atomic mass is 10.1. The Hall–Kier alpha value is -1.08. The minimum absolute atomic E-state index is 0.0771. The van der Waals surface area contributed by atoms with Gasteiger partial charge in [-0.1, -0.05) is 38.2 Å². The van der Waals surface area contributed by atoms with Crippen LogP contribution in [0.15, 0.2) is 23.1 Å². The van der Waals surface area contributed by atoms with E-state index < -0.39 is 5.51 Å². The van der Waals surface area contributed by atoms with Crippen LogP contribution in [0.25, 0.3) is 0 Å². The molecule has 104 valence electrons. The molecule has 1 rings (SSSR count). The summed E-state index contributed by atoms with van der Waals surface area (Å²) in [5.74, 6) is 5.73.